The van der Waals surface area contributed by atoms with Crippen molar-refractivity contribution in [1.82, 2.24) is 0 Å². The maximum absolute atomic E-state index is 13.3. The SMILES string of the molecule is C=C1C[C@]23C[C@@]1(O)CC[C@H]2[C@@]12CC[C@H](OCOC)[C@@](C)(C(=O)O1)[C@H]2[C@@H]3C(=O)OC. The van der Waals surface area contributed by atoms with E-state index in [1.54, 1.807) is 7.11 Å². The molecule has 5 fully saturated rings. The molecule has 1 heterocycles. The molecule has 0 aromatic carbocycles. The summed E-state index contributed by atoms with van der Waals surface area (Å²) in [7, 11) is 2.94. The van der Waals surface area contributed by atoms with Crippen LogP contribution in [-0.2, 0) is 28.5 Å². The van der Waals surface area contributed by atoms with Crippen molar-refractivity contribution in [2.45, 2.75) is 62.8 Å². The molecule has 7 nitrogen and oxygen atoms in total. The Bertz CT molecular complexity index is 794. The van der Waals surface area contributed by atoms with Gasteiger partial charge in [-0.25, -0.2) is 0 Å². The van der Waals surface area contributed by atoms with E-state index in [1.807, 2.05) is 6.92 Å². The standard InChI is InChI=1S/C22H30O7/c1-12-9-20-10-21(12,25)7-5-13(20)22-8-6-14(28-11-26-3)19(2,18(24)29-22)16(22)15(20)17(23)27-4/h13-16,25H,1,5-11H2,2-4H3/t13-,14+,15-,16-,19-,20+,21+,22-/m1/s1. The van der Waals surface area contributed by atoms with Crippen LogP contribution in [-0.4, -0.2) is 55.4 Å². The van der Waals surface area contributed by atoms with Crippen molar-refractivity contribution in [2.24, 2.45) is 28.6 Å². The zero-order valence-corrected chi connectivity index (χ0v) is 17.4. The summed E-state index contributed by atoms with van der Waals surface area (Å²) in [4.78, 5) is 26.5. The molecule has 5 aliphatic rings. The van der Waals surface area contributed by atoms with Gasteiger partial charge in [-0.2, -0.15) is 0 Å². The van der Waals surface area contributed by atoms with Gasteiger partial charge < -0.3 is 24.1 Å². The summed E-state index contributed by atoms with van der Waals surface area (Å²) in [5.74, 6) is -1.48. The van der Waals surface area contributed by atoms with Crippen LogP contribution in [0.25, 0.3) is 0 Å². The predicted molar refractivity (Wildman–Crippen MR) is 100 cm³/mol. The number of hydrogen-bond acceptors (Lipinski definition) is 7. The lowest BCUT2D eigenvalue weighted by atomic mass is 9.59. The summed E-state index contributed by atoms with van der Waals surface area (Å²) in [6.45, 7) is 6.12. The molecule has 0 amide bonds. The average molecular weight is 406 g/mol. The number of methoxy groups -OCH3 is 2. The van der Waals surface area contributed by atoms with Crippen molar-refractivity contribution < 1.29 is 33.6 Å². The number of esters is 2. The van der Waals surface area contributed by atoms with Gasteiger partial charge in [-0.1, -0.05) is 6.58 Å². The highest BCUT2D eigenvalue weighted by molar-refractivity contribution is 5.86. The first-order chi connectivity index (χ1) is 13.7. The van der Waals surface area contributed by atoms with Crippen LogP contribution < -0.4 is 0 Å². The smallest absolute Gasteiger partial charge is 0.315 e. The fourth-order valence-electron chi connectivity index (χ4n) is 8.15. The quantitative estimate of drug-likeness (QED) is 0.434. The summed E-state index contributed by atoms with van der Waals surface area (Å²) in [6, 6.07) is 0. The van der Waals surface area contributed by atoms with Crippen LogP contribution in [0.3, 0.4) is 0 Å². The van der Waals surface area contributed by atoms with Crippen molar-refractivity contribution in [2.75, 3.05) is 21.0 Å². The lowest BCUT2D eigenvalue weighted by Gasteiger charge is -2.46. The van der Waals surface area contributed by atoms with Crippen LogP contribution in [0.5, 0.6) is 0 Å². The minimum Gasteiger partial charge on any atom is -0.469 e. The lowest BCUT2D eigenvalue weighted by Crippen LogP contribution is -2.54. The number of rotatable bonds is 4. The van der Waals surface area contributed by atoms with Crippen LogP contribution in [0.4, 0.5) is 0 Å². The Kier molecular flexibility index (Phi) is 3.92. The molecule has 7 heteroatoms. The molecule has 1 N–H and O–H groups in total. The number of fused-ring (bicyclic) bond motifs is 1. The number of aliphatic hydroxyl groups is 1. The number of carbonyl (C=O) groups excluding carboxylic acids is 2. The fraction of sp³-hybridized carbons (Fsp3) is 0.818. The van der Waals surface area contributed by atoms with Gasteiger partial charge in [0.05, 0.1) is 30.1 Å². The summed E-state index contributed by atoms with van der Waals surface area (Å²) in [6.07, 6.45) is 3.31. The Morgan fingerprint density at radius 1 is 1.31 bits per heavy atom. The van der Waals surface area contributed by atoms with Crippen LogP contribution in [0, 0.1) is 28.6 Å². The Morgan fingerprint density at radius 3 is 2.76 bits per heavy atom. The first-order valence-corrected chi connectivity index (χ1v) is 10.5. The van der Waals surface area contributed by atoms with E-state index in [-0.39, 0.29) is 36.7 Å². The van der Waals surface area contributed by atoms with E-state index in [1.165, 1.54) is 7.11 Å². The maximum atomic E-state index is 13.3. The van der Waals surface area contributed by atoms with Crippen molar-refractivity contribution in [3.8, 4) is 0 Å². The highest BCUT2D eigenvalue weighted by Crippen LogP contribution is 2.78. The molecular weight excluding hydrogens is 376 g/mol. The van der Waals surface area contributed by atoms with Gasteiger partial charge in [0.2, 0.25) is 0 Å². The molecule has 4 saturated carbocycles. The highest BCUT2D eigenvalue weighted by Gasteiger charge is 2.84. The third-order valence-electron chi connectivity index (χ3n) is 9.11. The molecule has 4 bridgehead atoms. The Balaban J connectivity index is 1.68. The van der Waals surface area contributed by atoms with Gasteiger partial charge in [0.15, 0.2) is 0 Å². The molecule has 8 atom stereocenters. The maximum Gasteiger partial charge on any atom is 0.315 e. The topological polar surface area (TPSA) is 91.3 Å². The third kappa shape index (κ3) is 2.04. The summed E-state index contributed by atoms with van der Waals surface area (Å²) in [5, 5.41) is 11.2. The van der Waals surface area contributed by atoms with E-state index >= 15 is 0 Å². The van der Waals surface area contributed by atoms with Gasteiger partial charge in [-0.05, 0) is 56.4 Å². The highest BCUT2D eigenvalue weighted by atomic mass is 16.7. The zero-order valence-electron chi connectivity index (χ0n) is 17.4. The van der Waals surface area contributed by atoms with Gasteiger partial charge in [0.1, 0.15) is 12.4 Å². The van der Waals surface area contributed by atoms with Crippen molar-refractivity contribution >= 4 is 11.9 Å². The molecule has 1 aliphatic heterocycles. The Labute approximate surface area is 170 Å². The second-order valence-corrected chi connectivity index (χ2v) is 10.0. The predicted octanol–water partition coefficient (Wildman–Crippen LogP) is 1.97. The minimum atomic E-state index is -0.955. The van der Waals surface area contributed by atoms with Gasteiger partial charge in [-0.3, -0.25) is 9.59 Å². The summed E-state index contributed by atoms with van der Waals surface area (Å²) < 4.78 is 22.5. The second kappa shape index (κ2) is 5.83. The molecule has 5 rings (SSSR count). The monoisotopic (exact) mass is 406 g/mol. The van der Waals surface area contributed by atoms with Crippen molar-refractivity contribution in [3.63, 3.8) is 0 Å². The molecule has 0 aromatic rings. The van der Waals surface area contributed by atoms with Crippen molar-refractivity contribution in [1.29, 1.82) is 0 Å². The normalized spacial score (nSPS) is 52.1. The molecule has 4 aliphatic carbocycles. The molecule has 29 heavy (non-hydrogen) atoms. The lowest BCUT2D eigenvalue weighted by molar-refractivity contribution is -0.172. The Hall–Kier alpha value is -1.44. The van der Waals surface area contributed by atoms with Gasteiger partial charge in [-0.15, -0.1) is 0 Å². The van der Waals surface area contributed by atoms with Gasteiger partial charge in [0, 0.05) is 18.9 Å². The second-order valence-electron chi connectivity index (χ2n) is 10.0. The van der Waals surface area contributed by atoms with Gasteiger partial charge in [0.25, 0.3) is 0 Å². The number of ether oxygens (including phenoxy) is 4. The average Bonchev–Trinajstić information content (AvgIpc) is 3.10. The number of carbonyl (C=O) groups is 2. The molecule has 1 saturated heterocycles. The summed E-state index contributed by atoms with van der Waals surface area (Å²) in [5.41, 5.74) is -2.29. The first-order valence-electron chi connectivity index (χ1n) is 10.5. The van der Waals surface area contributed by atoms with Crippen LogP contribution in [0.1, 0.15) is 45.4 Å². The van der Waals surface area contributed by atoms with E-state index < -0.39 is 27.9 Å². The third-order valence-corrected chi connectivity index (χ3v) is 9.11. The molecule has 160 valence electrons. The number of hydrogen-bond donors (Lipinski definition) is 1. The molecule has 0 aromatic heterocycles. The van der Waals surface area contributed by atoms with E-state index in [0.29, 0.717) is 38.5 Å². The van der Waals surface area contributed by atoms with Crippen LogP contribution in [0.15, 0.2) is 12.2 Å². The largest absolute Gasteiger partial charge is 0.469 e. The van der Waals surface area contributed by atoms with E-state index in [0.717, 1.165) is 5.57 Å². The molecule has 0 unspecified atom stereocenters. The molecule has 1 spiro atoms. The minimum absolute atomic E-state index is 0.0118. The van der Waals surface area contributed by atoms with Crippen LogP contribution in [0.2, 0.25) is 0 Å². The molecular formula is C22H30O7. The zero-order chi connectivity index (χ0) is 20.8. The molecule has 0 radical (unpaired) electrons. The fourth-order valence-corrected chi connectivity index (χ4v) is 8.15. The van der Waals surface area contributed by atoms with E-state index in [2.05, 4.69) is 6.58 Å². The van der Waals surface area contributed by atoms with E-state index in [4.69, 9.17) is 18.9 Å². The van der Waals surface area contributed by atoms with Gasteiger partial charge >= 0.3 is 11.9 Å². The first kappa shape index (κ1) is 19.5. The van der Waals surface area contributed by atoms with E-state index in [9.17, 15) is 14.7 Å². The van der Waals surface area contributed by atoms with Crippen LogP contribution >= 0.6 is 0 Å². The van der Waals surface area contributed by atoms with Crippen molar-refractivity contribution in [3.05, 3.63) is 12.2 Å². The Morgan fingerprint density at radius 2 is 2.07 bits per heavy atom. The summed E-state index contributed by atoms with van der Waals surface area (Å²) >= 11 is 0.